The van der Waals surface area contributed by atoms with Gasteiger partial charge >= 0.3 is 0 Å². The van der Waals surface area contributed by atoms with Crippen LogP contribution in [0.2, 0.25) is 0 Å². The minimum absolute atomic E-state index is 0.0240. The Hall–Kier alpha value is -2.38. The molecule has 1 aliphatic heterocycles. The van der Waals surface area contributed by atoms with Crippen molar-refractivity contribution in [3.05, 3.63) is 64.4 Å². The SMILES string of the molecule is Cn1cccc1C(=O)NCC[C@@H]1CN(Cc2ccsc2)Cc2ccnn21. The lowest BCUT2D eigenvalue weighted by Gasteiger charge is -2.33. The average molecular weight is 369 g/mol. The Bertz CT molecular complexity index is 866. The minimum Gasteiger partial charge on any atom is -0.351 e. The van der Waals surface area contributed by atoms with Crippen LogP contribution in [0.5, 0.6) is 0 Å². The number of carbonyl (C=O) groups is 1. The van der Waals surface area contributed by atoms with Crippen molar-refractivity contribution in [3.8, 4) is 0 Å². The van der Waals surface area contributed by atoms with Crippen LogP contribution in [0, 0.1) is 0 Å². The average Bonchev–Trinajstić information content (AvgIpc) is 3.36. The van der Waals surface area contributed by atoms with E-state index in [0.717, 1.165) is 26.1 Å². The molecule has 0 unspecified atom stereocenters. The summed E-state index contributed by atoms with van der Waals surface area (Å²) in [6.07, 6.45) is 4.62. The number of fused-ring (bicyclic) bond motifs is 1. The molecule has 0 bridgehead atoms. The maximum atomic E-state index is 12.3. The van der Waals surface area contributed by atoms with E-state index < -0.39 is 0 Å². The van der Waals surface area contributed by atoms with Crippen molar-refractivity contribution in [3.63, 3.8) is 0 Å². The Morgan fingerprint density at radius 1 is 1.38 bits per heavy atom. The van der Waals surface area contributed by atoms with E-state index in [1.165, 1.54) is 11.3 Å². The summed E-state index contributed by atoms with van der Waals surface area (Å²) in [7, 11) is 1.88. The summed E-state index contributed by atoms with van der Waals surface area (Å²) in [6, 6.07) is 8.28. The van der Waals surface area contributed by atoms with Crippen molar-refractivity contribution in [1.82, 2.24) is 24.6 Å². The highest BCUT2D eigenvalue weighted by atomic mass is 32.1. The zero-order valence-electron chi connectivity index (χ0n) is 14.8. The number of hydrogen-bond acceptors (Lipinski definition) is 4. The lowest BCUT2D eigenvalue weighted by Crippen LogP contribution is -2.39. The summed E-state index contributed by atoms with van der Waals surface area (Å²) in [5, 5.41) is 11.9. The first-order chi connectivity index (χ1) is 12.7. The molecular formula is C19H23N5OS. The maximum Gasteiger partial charge on any atom is 0.267 e. The van der Waals surface area contributed by atoms with Gasteiger partial charge in [-0.15, -0.1) is 0 Å². The Labute approximate surface area is 157 Å². The lowest BCUT2D eigenvalue weighted by atomic mass is 10.1. The number of thiophene rings is 1. The number of rotatable bonds is 6. The van der Waals surface area contributed by atoms with Gasteiger partial charge in [0.15, 0.2) is 0 Å². The molecule has 0 radical (unpaired) electrons. The molecule has 1 atom stereocenters. The van der Waals surface area contributed by atoms with Gasteiger partial charge in [-0.1, -0.05) is 0 Å². The molecule has 4 rings (SSSR count). The Kier molecular flexibility index (Phi) is 4.90. The second-order valence-electron chi connectivity index (χ2n) is 6.77. The van der Waals surface area contributed by atoms with E-state index in [-0.39, 0.29) is 11.9 Å². The predicted octanol–water partition coefficient (Wildman–Crippen LogP) is 2.66. The number of aryl methyl sites for hydroxylation is 1. The van der Waals surface area contributed by atoms with Gasteiger partial charge in [0.25, 0.3) is 5.91 Å². The second-order valence-corrected chi connectivity index (χ2v) is 7.55. The topological polar surface area (TPSA) is 55.1 Å². The molecule has 1 N–H and O–H groups in total. The molecule has 6 nitrogen and oxygen atoms in total. The van der Waals surface area contributed by atoms with Crippen molar-refractivity contribution in [2.75, 3.05) is 13.1 Å². The summed E-state index contributed by atoms with van der Waals surface area (Å²) >= 11 is 1.74. The standard InChI is InChI=1S/C19H23N5OS/c1-22-9-2-3-18(22)19(25)20-7-4-16-12-23(11-15-6-10-26-14-15)13-17-5-8-21-24(16)17/h2-3,5-6,8-10,14,16H,4,7,11-13H2,1H3,(H,20,25)/t16-/m1/s1. The minimum atomic E-state index is -0.0240. The second kappa shape index (κ2) is 7.47. The van der Waals surface area contributed by atoms with E-state index in [0.29, 0.717) is 12.2 Å². The predicted molar refractivity (Wildman–Crippen MR) is 102 cm³/mol. The van der Waals surface area contributed by atoms with Crippen molar-refractivity contribution < 1.29 is 4.79 Å². The first-order valence-corrected chi connectivity index (χ1v) is 9.80. The fraction of sp³-hybridized carbons (Fsp3) is 0.368. The lowest BCUT2D eigenvalue weighted by molar-refractivity contribution is 0.0939. The Morgan fingerprint density at radius 2 is 2.31 bits per heavy atom. The molecule has 3 aromatic heterocycles. The number of hydrogen-bond donors (Lipinski definition) is 1. The first kappa shape index (κ1) is 17.1. The highest BCUT2D eigenvalue weighted by molar-refractivity contribution is 7.07. The number of nitrogens with one attached hydrogen (secondary N) is 1. The third-order valence-corrected chi connectivity index (χ3v) is 5.61. The van der Waals surface area contributed by atoms with Crippen molar-refractivity contribution in [2.45, 2.75) is 25.6 Å². The van der Waals surface area contributed by atoms with Crippen LogP contribution in [-0.2, 0) is 20.1 Å². The van der Waals surface area contributed by atoms with Gasteiger partial charge in [-0.3, -0.25) is 14.4 Å². The summed E-state index contributed by atoms with van der Waals surface area (Å²) in [6.45, 7) is 3.47. The van der Waals surface area contributed by atoms with Crippen molar-refractivity contribution in [1.29, 1.82) is 0 Å². The van der Waals surface area contributed by atoms with Crippen LogP contribution in [0.4, 0.5) is 0 Å². The molecule has 0 saturated carbocycles. The van der Waals surface area contributed by atoms with E-state index in [1.807, 2.05) is 36.1 Å². The quantitative estimate of drug-likeness (QED) is 0.727. The van der Waals surface area contributed by atoms with Gasteiger partial charge < -0.3 is 9.88 Å². The van der Waals surface area contributed by atoms with Crippen LogP contribution in [0.1, 0.15) is 34.2 Å². The van der Waals surface area contributed by atoms with Crippen LogP contribution in [0.25, 0.3) is 0 Å². The fourth-order valence-electron chi connectivity index (χ4n) is 3.58. The third kappa shape index (κ3) is 3.59. The van der Waals surface area contributed by atoms with E-state index in [1.54, 1.807) is 11.3 Å². The van der Waals surface area contributed by atoms with E-state index in [2.05, 4.69) is 42.9 Å². The largest absolute Gasteiger partial charge is 0.351 e. The highest BCUT2D eigenvalue weighted by Crippen LogP contribution is 2.24. The monoisotopic (exact) mass is 369 g/mol. The van der Waals surface area contributed by atoms with E-state index in [4.69, 9.17) is 0 Å². The zero-order chi connectivity index (χ0) is 17.9. The van der Waals surface area contributed by atoms with Gasteiger partial charge in [0.2, 0.25) is 0 Å². The molecule has 4 heterocycles. The summed E-state index contributed by atoms with van der Waals surface area (Å²) in [4.78, 5) is 14.7. The maximum absolute atomic E-state index is 12.3. The Morgan fingerprint density at radius 3 is 3.08 bits per heavy atom. The summed E-state index contributed by atoms with van der Waals surface area (Å²) in [5.74, 6) is -0.0240. The van der Waals surface area contributed by atoms with Gasteiger partial charge in [0, 0.05) is 45.6 Å². The van der Waals surface area contributed by atoms with Gasteiger partial charge in [0.1, 0.15) is 5.69 Å². The highest BCUT2D eigenvalue weighted by Gasteiger charge is 2.25. The van der Waals surface area contributed by atoms with Crippen molar-refractivity contribution >= 4 is 17.2 Å². The van der Waals surface area contributed by atoms with E-state index >= 15 is 0 Å². The molecule has 3 aromatic rings. The molecule has 7 heteroatoms. The van der Waals surface area contributed by atoms with Gasteiger partial charge in [-0.25, -0.2) is 0 Å². The molecule has 0 aromatic carbocycles. The van der Waals surface area contributed by atoms with Gasteiger partial charge in [-0.05, 0) is 47.0 Å². The van der Waals surface area contributed by atoms with Crippen LogP contribution in [-0.4, -0.2) is 38.2 Å². The molecule has 0 aliphatic carbocycles. The van der Waals surface area contributed by atoms with Crippen molar-refractivity contribution in [2.24, 2.45) is 7.05 Å². The van der Waals surface area contributed by atoms with Crippen LogP contribution >= 0.6 is 11.3 Å². The number of amides is 1. The number of carbonyl (C=O) groups excluding carboxylic acids is 1. The fourth-order valence-corrected chi connectivity index (χ4v) is 4.24. The number of aromatic nitrogens is 3. The molecular weight excluding hydrogens is 346 g/mol. The molecule has 1 aliphatic rings. The molecule has 26 heavy (non-hydrogen) atoms. The zero-order valence-corrected chi connectivity index (χ0v) is 15.7. The Balaban J connectivity index is 1.37. The van der Waals surface area contributed by atoms with Gasteiger partial charge in [0.05, 0.1) is 11.7 Å². The summed E-state index contributed by atoms with van der Waals surface area (Å²) in [5.41, 5.74) is 3.29. The van der Waals surface area contributed by atoms with Gasteiger partial charge in [-0.2, -0.15) is 16.4 Å². The molecule has 0 spiro atoms. The third-order valence-electron chi connectivity index (χ3n) is 4.88. The number of nitrogens with zero attached hydrogens (tertiary/aromatic N) is 4. The molecule has 0 saturated heterocycles. The summed E-state index contributed by atoms with van der Waals surface area (Å²) < 4.78 is 3.96. The van der Waals surface area contributed by atoms with Crippen LogP contribution in [0.15, 0.2) is 47.4 Å². The molecule has 1 amide bonds. The van der Waals surface area contributed by atoms with Crippen LogP contribution < -0.4 is 5.32 Å². The molecule has 0 fully saturated rings. The smallest absolute Gasteiger partial charge is 0.267 e. The normalized spacial score (nSPS) is 17.2. The van der Waals surface area contributed by atoms with Crippen LogP contribution in [0.3, 0.4) is 0 Å². The van der Waals surface area contributed by atoms with E-state index in [9.17, 15) is 4.79 Å². The first-order valence-electron chi connectivity index (χ1n) is 8.86. The molecule has 136 valence electrons.